The fourth-order valence-electron chi connectivity index (χ4n) is 4.28. The zero-order valence-corrected chi connectivity index (χ0v) is 26.2. The molecule has 1 aliphatic rings. The van der Waals surface area contributed by atoms with Crippen LogP contribution in [0.1, 0.15) is 40.2 Å². The SMILES string of the molecule is CC(C)(O[PH+](c1ccccc1)c1ccccc1)C1=N[C@@H](C(C)(C)C)CN1Cc1ccccc1.[CH3-].[CH3-].[Ir]. The second-order valence-electron chi connectivity index (χ2n) is 10.4. The van der Waals surface area contributed by atoms with Crippen LogP contribution < -0.4 is 10.6 Å². The number of hydrogen-bond acceptors (Lipinski definition) is 3. The predicted molar refractivity (Wildman–Crippen MR) is 156 cm³/mol. The molecule has 1 aliphatic heterocycles. The van der Waals surface area contributed by atoms with Gasteiger partial charge in [-0.15, -0.1) is 0 Å². The maximum absolute atomic E-state index is 7.05. The summed E-state index contributed by atoms with van der Waals surface area (Å²) >= 11 is 0. The van der Waals surface area contributed by atoms with Gasteiger partial charge in [-0.3, -0.25) is 4.99 Å². The van der Waals surface area contributed by atoms with Crippen LogP contribution in [0, 0.1) is 20.3 Å². The minimum atomic E-state index is -1.45. The van der Waals surface area contributed by atoms with Crippen LogP contribution in [0.3, 0.4) is 0 Å². The summed E-state index contributed by atoms with van der Waals surface area (Å²) in [4.78, 5) is 7.71. The van der Waals surface area contributed by atoms with Crippen LogP contribution in [0.25, 0.3) is 0 Å². The van der Waals surface area contributed by atoms with Crippen molar-refractivity contribution in [3.05, 3.63) is 111 Å². The van der Waals surface area contributed by atoms with Crippen molar-refractivity contribution in [2.24, 2.45) is 10.4 Å². The Morgan fingerprint density at radius 2 is 1.22 bits per heavy atom. The average molecular weight is 682 g/mol. The normalized spacial score (nSPS) is 15.4. The Kier molecular flexibility index (Phi) is 12.2. The molecule has 0 N–H and O–H groups in total. The Balaban J connectivity index is 0.00000216. The molecule has 0 aliphatic carbocycles. The third-order valence-electron chi connectivity index (χ3n) is 6.15. The first-order chi connectivity index (χ1) is 15.7. The molecule has 4 rings (SSSR count). The van der Waals surface area contributed by atoms with Gasteiger partial charge in [0.2, 0.25) is 0 Å². The van der Waals surface area contributed by atoms with E-state index in [-0.39, 0.29) is 46.4 Å². The Labute approximate surface area is 234 Å². The van der Waals surface area contributed by atoms with E-state index in [2.05, 4.69) is 131 Å². The molecule has 197 valence electrons. The van der Waals surface area contributed by atoms with Gasteiger partial charge in [0.1, 0.15) is 16.4 Å². The molecule has 36 heavy (non-hydrogen) atoms. The molecule has 5 heteroatoms. The molecule has 0 saturated heterocycles. The van der Waals surface area contributed by atoms with Crippen molar-refractivity contribution in [3.63, 3.8) is 0 Å². The first kappa shape index (κ1) is 32.2. The number of benzene rings is 3. The van der Waals surface area contributed by atoms with E-state index < -0.39 is 13.7 Å². The van der Waals surface area contributed by atoms with E-state index in [1.165, 1.54) is 16.2 Å². The summed E-state index contributed by atoms with van der Waals surface area (Å²) in [6.07, 6.45) is 0. The maximum atomic E-state index is 7.05. The molecule has 0 bridgehead atoms. The van der Waals surface area contributed by atoms with Gasteiger partial charge in [0.05, 0.1) is 6.04 Å². The van der Waals surface area contributed by atoms with Crippen molar-refractivity contribution >= 4 is 24.6 Å². The monoisotopic (exact) mass is 682 g/mol. The fraction of sp³-hybridized carbons (Fsp3) is 0.323. The molecule has 0 amide bonds. The summed E-state index contributed by atoms with van der Waals surface area (Å²) in [5.74, 6) is 1.06. The molecular formula is C31H42IrN2OP-. The van der Waals surface area contributed by atoms with Crippen LogP contribution in [-0.2, 0) is 31.2 Å². The molecule has 0 spiro atoms. The van der Waals surface area contributed by atoms with Crippen LogP contribution in [0.4, 0.5) is 0 Å². The predicted octanol–water partition coefficient (Wildman–Crippen LogP) is 6.79. The Hall–Kier alpha value is -1.83. The molecule has 0 fully saturated rings. The number of amidine groups is 1. The molecule has 1 atom stereocenters. The van der Waals surface area contributed by atoms with Crippen LogP contribution in [-0.4, -0.2) is 28.9 Å². The topological polar surface area (TPSA) is 24.8 Å². The molecule has 0 aromatic heterocycles. The molecule has 0 saturated carbocycles. The second-order valence-corrected chi connectivity index (χ2v) is 12.4. The molecule has 1 radical (unpaired) electrons. The van der Waals surface area contributed by atoms with Crippen molar-refractivity contribution in [1.82, 2.24) is 4.90 Å². The zero-order valence-electron chi connectivity index (χ0n) is 22.8. The van der Waals surface area contributed by atoms with Gasteiger partial charge in [-0.1, -0.05) is 87.5 Å². The molecule has 3 nitrogen and oxygen atoms in total. The standard InChI is InChI=1S/C29H35N2OP.2CH3.Ir/c1-28(2,3)26-22-31(21-23-15-9-6-10-16-23)27(30-26)29(4,5)32-33(24-17-11-7-12-18-24)25-19-13-8-14-20-25;;;/h6-20,26H,21-22H2,1-5H3;2*1H3;/q;2*-1;/p+1/t26-;;;/m1.../s1. The van der Waals surface area contributed by atoms with Crippen molar-refractivity contribution in [3.8, 4) is 0 Å². The van der Waals surface area contributed by atoms with Crippen molar-refractivity contribution in [2.75, 3.05) is 6.54 Å². The van der Waals surface area contributed by atoms with E-state index in [9.17, 15) is 0 Å². The Morgan fingerprint density at radius 3 is 1.67 bits per heavy atom. The van der Waals surface area contributed by atoms with E-state index in [0.717, 1.165) is 18.9 Å². The maximum Gasteiger partial charge on any atom is 0.199 e. The molecule has 0 unspecified atom stereocenters. The number of hydrogen-bond donors (Lipinski definition) is 0. The largest absolute Gasteiger partial charge is 0.358 e. The van der Waals surface area contributed by atoms with Crippen molar-refractivity contribution < 1.29 is 24.6 Å². The third-order valence-corrected chi connectivity index (χ3v) is 8.58. The van der Waals surface area contributed by atoms with Gasteiger partial charge in [0.25, 0.3) is 0 Å². The average Bonchev–Trinajstić information content (AvgIpc) is 3.25. The summed E-state index contributed by atoms with van der Waals surface area (Å²) in [5.41, 5.74) is 0.876. The van der Waals surface area contributed by atoms with E-state index in [4.69, 9.17) is 9.52 Å². The zero-order chi connectivity index (χ0) is 23.5. The van der Waals surface area contributed by atoms with Gasteiger partial charge in [0, 0.05) is 33.2 Å². The third kappa shape index (κ3) is 7.83. The smallest absolute Gasteiger partial charge is 0.199 e. The minimum absolute atomic E-state index is 0. The quantitative estimate of drug-likeness (QED) is 0.203. The van der Waals surface area contributed by atoms with Crippen molar-refractivity contribution in [2.45, 2.75) is 52.8 Å². The van der Waals surface area contributed by atoms with Gasteiger partial charge < -0.3 is 19.8 Å². The van der Waals surface area contributed by atoms with E-state index in [0.29, 0.717) is 0 Å². The summed E-state index contributed by atoms with van der Waals surface area (Å²) < 4.78 is 7.05. The Bertz CT molecular complexity index is 1030. The molecule has 1 heterocycles. The van der Waals surface area contributed by atoms with Gasteiger partial charge in [-0.2, -0.15) is 0 Å². The fourth-order valence-corrected chi connectivity index (χ4v) is 6.44. The van der Waals surface area contributed by atoms with E-state index >= 15 is 0 Å². The first-order valence-corrected chi connectivity index (χ1v) is 13.2. The van der Waals surface area contributed by atoms with Gasteiger partial charge in [0.15, 0.2) is 13.7 Å². The molecular weight excluding hydrogens is 640 g/mol. The van der Waals surface area contributed by atoms with Crippen LogP contribution >= 0.6 is 8.15 Å². The van der Waals surface area contributed by atoms with Gasteiger partial charge in [-0.25, -0.2) is 4.52 Å². The summed E-state index contributed by atoms with van der Waals surface area (Å²) in [6, 6.07) is 32.2. The van der Waals surface area contributed by atoms with Gasteiger partial charge >= 0.3 is 0 Å². The number of rotatable bonds is 7. The number of aliphatic imine (C=N–C) groups is 1. The van der Waals surface area contributed by atoms with Crippen molar-refractivity contribution in [1.29, 1.82) is 0 Å². The van der Waals surface area contributed by atoms with Crippen LogP contribution in [0.5, 0.6) is 0 Å². The summed E-state index contributed by atoms with van der Waals surface area (Å²) in [5, 5.41) is 2.50. The van der Waals surface area contributed by atoms with E-state index in [1.807, 2.05) is 0 Å². The minimum Gasteiger partial charge on any atom is -0.358 e. The molecule has 3 aromatic rings. The molecule has 3 aromatic carbocycles. The van der Waals surface area contributed by atoms with Crippen LogP contribution in [0.2, 0.25) is 0 Å². The first-order valence-electron chi connectivity index (χ1n) is 11.8. The summed E-state index contributed by atoms with van der Waals surface area (Å²) in [6.45, 7) is 13.0. The summed E-state index contributed by atoms with van der Waals surface area (Å²) in [7, 11) is -1.45. The van der Waals surface area contributed by atoms with E-state index in [1.54, 1.807) is 0 Å². The Morgan fingerprint density at radius 1 is 0.778 bits per heavy atom. The van der Waals surface area contributed by atoms with Gasteiger partial charge in [-0.05, 0) is 49.1 Å². The second kappa shape index (κ2) is 13.6. The van der Waals surface area contributed by atoms with Crippen LogP contribution in [0.15, 0.2) is 96.0 Å². The number of nitrogens with zero attached hydrogens (tertiary/aromatic N) is 2.